The van der Waals surface area contributed by atoms with E-state index in [-0.39, 0.29) is 0 Å². The van der Waals surface area contributed by atoms with Gasteiger partial charge < -0.3 is 10.1 Å². The van der Waals surface area contributed by atoms with Gasteiger partial charge in [-0.25, -0.2) is 0 Å². The molecule has 0 amide bonds. The fraction of sp³-hybridized carbons (Fsp3) is 1.00. The first-order valence-corrected chi connectivity index (χ1v) is 6.66. The van der Waals surface area contributed by atoms with Crippen LogP contribution in [0.3, 0.4) is 0 Å². The van der Waals surface area contributed by atoms with Crippen molar-refractivity contribution < 1.29 is 4.74 Å². The fourth-order valence-electron chi connectivity index (χ4n) is 1.72. The number of hydrogen-bond donors (Lipinski definition) is 1. The molecular weight excluding hydrogens is 194 g/mol. The van der Waals surface area contributed by atoms with Gasteiger partial charge in [-0.2, -0.15) is 11.8 Å². The van der Waals surface area contributed by atoms with E-state index in [0.717, 1.165) is 19.7 Å². The molecule has 1 N–H and O–H groups in total. The Morgan fingerprint density at radius 3 is 2.93 bits per heavy atom. The van der Waals surface area contributed by atoms with E-state index >= 15 is 0 Å². The molecule has 0 saturated carbocycles. The van der Waals surface area contributed by atoms with E-state index in [9.17, 15) is 0 Å². The van der Waals surface area contributed by atoms with Crippen LogP contribution in [0.1, 0.15) is 33.6 Å². The molecule has 3 atom stereocenters. The maximum atomic E-state index is 5.55. The highest BCUT2D eigenvalue weighted by Gasteiger charge is 2.25. The van der Waals surface area contributed by atoms with Crippen molar-refractivity contribution in [2.24, 2.45) is 0 Å². The van der Waals surface area contributed by atoms with Gasteiger partial charge in [0.15, 0.2) is 0 Å². The SMILES string of the molecule is CCCNCC(C)SC1CCOC1C. The minimum absolute atomic E-state index is 0.452. The summed E-state index contributed by atoms with van der Waals surface area (Å²) in [6, 6.07) is 0. The molecule has 1 saturated heterocycles. The van der Waals surface area contributed by atoms with E-state index in [2.05, 4.69) is 37.8 Å². The Morgan fingerprint density at radius 1 is 1.57 bits per heavy atom. The largest absolute Gasteiger partial charge is 0.377 e. The zero-order chi connectivity index (χ0) is 10.4. The van der Waals surface area contributed by atoms with E-state index in [1.54, 1.807) is 0 Å². The lowest BCUT2D eigenvalue weighted by molar-refractivity contribution is 0.127. The van der Waals surface area contributed by atoms with Crippen molar-refractivity contribution in [1.29, 1.82) is 0 Å². The Kier molecular flexibility index (Phi) is 5.90. The molecule has 0 aliphatic carbocycles. The molecule has 0 bridgehead atoms. The summed E-state index contributed by atoms with van der Waals surface area (Å²) in [6.45, 7) is 9.92. The quantitative estimate of drug-likeness (QED) is 0.690. The van der Waals surface area contributed by atoms with E-state index < -0.39 is 0 Å². The normalized spacial score (nSPS) is 29.4. The molecule has 3 heteroatoms. The maximum absolute atomic E-state index is 5.55. The Morgan fingerprint density at radius 2 is 2.36 bits per heavy atom. The van der Waals surface area contributed by atoms with E-state index in [1.807, 2.05) is 0 Å². The molecule has 3 unspecified atom stereocenters. The van der Waals surface area contributed by atoms with Crippen LogP contribution in [0.15, 0.2) is 0 Å². The van der Waals surface area contributed by atoms with Crippen LogP contribution in [0.5, 0.6) is 0 Å². The first-order chi connectivity index (χ1) is 6.74. The zero-order valence-electron chi connectivity index (χ0n) is 9.58. The Balaban J connectivity index is 2.09. The monoisotopic (exact) mass is 217 g/mol. The van der Waals surface area contributed by atoms with Crippen molar-refractivity contribution in [2.75, 3.05) is 19.7 Å². The molecule has 2 nitrogen and oxygen atoms in total. The molecule has 1 aliphatic heterocycles. The predicted molar refractivity (Wildman–Crippen MR) is 64.0 cm³/mol. The Hall–Kier alpha value is 0.270. The van der Waals surface area contributed by atoms with Crippen LogP contribution >= 0.6 is 11.8 Å². The third-order valence-electron chi connectivity index (χ3n) is 2.57. The molecule has 1 fully saturated rings. The molecule has 0 spiro atoms. The van der Waals surface area contributed by atoms with Gasteiger partial charge in [0, 0.05) is 23.7 Å². The molecule has 0 aromatic heterocycles. The van der Waals surface area contributed by atoms with Crippen molar-refractivity contribution >= 4 is 11.8 Å². The van der Waals surface area contributed by atoms with Crippen LogP contribution in [0.2, 0.25) is 0 Å². The first kappa shape index (κ1) is 12.3. The lowest BCUT2D eigenvalue weighted by atomic mass is 10.3. The summed E-state index contributed by atoms with van der Waals surface area (Å²) in [5.41, 5.74) is 0. The van der Waals surface area contributed by atoms with Crippen LogP contribution in [0.25, 0.3) is 0 Å². The molecule has 0 aromatic rings. The summed E-state index contributed by atoms with van der Waals surface area (Å²) < 4.78 is 5.55. The maximum Gasteiger partial charge on any atom is 0.0666 e. The average molecular weight is 217 g/mol. The van der Waals surface area contributed by atoms with Crippen LogP contribution in [-0.4, -0.2) is 36.3 Å². The van der Waals surface area contributed by atoms with E-state index in [0.29, 0.717) is 16.6 Å². The van der Waals surface area contributed by atoms with Gasteiger partial charge in [0.1, 0.15) is 0 Å². The smallest absolute Gasteiger partial charge is 0.0666 e. The van der Waals surface area contributed by atoms with Gasteiger partial charge in [0.05, 0.1) is 6.10 Å². The van der Waals surface area contributed by atoms with Gasteiger partial charge in [-0.3, -0.25) is 0 Å². The van der Waals surface area contributed by atoms with Gasteiger partial charge >= 0.3 is 0 Å². The summed E-state index contributed by atoms with van der Waals surface area (Å²) in [5.74, 6) is 0. The minimum atomic E-state index is 0.452. The van der Waals surface area contributed by atoms with Gasteiger partial charge in [0.2, 0.25) is 0 Å². The highest BCUT2D eigenvalue weighted by molar-refractivity contribution is 8.00. The summed E-state index contributed by atoms with van der Waals surface area (Å²) >= 11 is 2.08. The molecule has 1 aliphatic rings. The van der Waals surface area contributed by atoms with Gasteiger partial charge in [-0.1, -0.05) is 13.8 Å². The molecule has 84 valence electrons. The molecular formula is C11H23NOS. The Bertz CT molecular complexity index is 154. The average Bonchev–Trinajstić information content (AvgIpc) is 2.52. The van der Waals surface area contributed by atoms with Gasteiger partial charge in [0.25, 0.3) is 0 Å². The summed E-state index contributed by atoms with van der Waals surface area (Å²) in [6.07, 6.45) is 2.90. The molecule has 1 heterocycles. The number of nitrogens with one attached hydrogen (secondary N) is 1. The summed E-state index contributed by atoms with van der Waals surface area (Å²) in [7, 11) is 0. The second-order valence-electron chi connectivity index (χ2n) is 4.05. The highest BCUT2D eigenvalue weighted by Crippen LogP contribution is 2.29. The number of thioether (sulfide) groups is 1. The topological polar surface area (TPSA) is 21.3 Å². The predicted octanol–water partition coefficient (Wildman–Crippen LogP) is 2.29. The number of ether oxygens (including phenoxy) is 1. The Labute approximate surface area is 92.2 Å². The van der Waals surface area contributed by atoms with Crippen molar-refractivity contribution in [1.82, 2.24) is 5.32 Å². The summed E-state index contributed by atoms with van der Waals surface area (Å²) in [5, 5.41) is 4.88. The molecule has 14 heavy (non-hydrogen) atoms. The standard InChI is InChI=1S/C11H23NOS/c1-4-6-12-8-9(2)14-11-5-7-13-10(11)3/h9-12H,4-8H2,1-3H3. The second kappa shape index (κ2) is 6.70. The van der Waals surface area contributed by atoms with Gasteiger partial charge in [-0.15, -0.1) is 0 Å². The summed E-state index contributed by atoms with van der Waals surface area (Å²) in [4.78, 5) is 0. The first-order valence-electron chi connectivity index (χ1n) is 5.71. The van der Waals surface area contributed by atoms with Crippen molar-refractivity contribution in [3.8, 4) is 0 Å². The van der Waals surface area contributed by atoms with E-state index in [4.69, 9.17) is 4.74 Å². The van der Waals surface area contributed by atoms with Crippen molar-refractivity contribution in [3.05, 3.63) is 0 Å². The minimum Gasteiger partial charge on any atom is -0.377 e. The molecule has 1 rings (SSSR count). The van der Waals surface area contributed by atoms with Gasteiger partial charge in [-0.05, 0) is 26.3 Å². The third-order valence-corrected chi connectivity index (χ3v) is 4.17. The lowest BCUT2D eigenvalue weighted by Gasteiger charge is -2.19. The van der Waals surface area contributed by atoms with Crippen LogP contribution in [0.4, 0.5) is 0 Å². The zero-order valence-corrected chi connectivity index (χ0v) is 10.4. The van der Waals surface area contributed by atoms with Crippen LogP contribution < -0.4 is 5.32 Å². The van der Waals surface area contributed by atoms with Crippen molar-refractivity contribution in [3.63, 3.8) is 0 Å². The van der Waals surface area contributed by atoms with Crippen LogP contribution in [-0.2, 0) is 4.74 Å². The van der Waals surface area contributed by atoms with Crippen molar-refractivity contribution in [2.45, 2.75) is 50.2 Å². The second-order valence-corrected chi connectivity index (χ2v) is 5.74. The van der Waals surface area contributed by atoms with E-state index in [1.165, 1.54) is 12.8 Å². The molecule has 0 aromatic carbocycles. The number of hydrogen-bond acceptors (Lipinski definition) is 3. The van der Waals surface area contributed by atoms with Crippen LogP contribution in [0, 0.1) is 0 Å². The number of rotatable bonds is 6. The highest BCUT2D eigenvalue weighted by atomic mass is 32.2. The lowest BCUT2D eigenvalue weighted by Crippen LogP contribution is -2.26. The third kappa shape index (κ3) is 4.20. The molecule has 0 radical (unpaired) electrons. The fourth-order valence-corrected chi connectivity index (χ4v) is 3.06.